The van der Waals surface area contributed by atoms with E-state index < -0.39 is 0 Å². The van der Waals surface area contributed by atoms with Crippen LogP contribution in [0.15, 0.2) is 24.3 Å². The molecule has 0 bridgehead atoms. The van der Waals surface area contributed by atoms with Gasteiger partial charge in [0.05, 0.1) is 0 Å². The van der Waals surface area contributed by atoms with Gasteiger partial charge in [-0.1, -0.05) is 31.9 Å². The first-order valence-electron chi connectivity index (χ1n) is 11.7. The topological polar surface area (TPSA) is 9.23 Å². The fourth-order valence-electron chi connectivity index (χ4n) is 6.35. The lowest BCUT2D eigenvalue weighted by Gasteiger charge is -2.45. The van der Waals surface area contributed by atoms with E-state index in [-0.39, 0.29) is 5.82 Å². The van der Waals surface area contributed by atoms with Crippen molar-refractivity contribution in [1.82, 2.24) is 0 Å². The van der Waals surface area contributed by atoms with Crippen molar-refractivity contribution < 1.29 is 9.13 Å². The highest BCUT2D eigenvalue weighted by atomic mass is 19.1. The summed E-state index contributed by atoms with van der Waals surface area (Å²) >= 11 is 0. The van der Waals surface area contributed by atoms with Crippen LogP contribution in [0.2, 0.25) is 0 Å². The van der Waals surface area contributed by atoms with Gasteiger partial charge in [0.15, 0.2) is 11.6 Å². The predicted molar refractivity (Wildman–Crippen MR) is 114 cm³/mol. The van der Waals surface area contributed by atoms with E-state index >= 15 is 0 Å². The second kappa shape index (κ2) is 9.01. The highest BCUT2D eigenvalue weighted by Gasteiger charge is 2.38. The van der Waals surface area contributed by atoms with E-state index in [9.17, 15) is 4.39 Å². The van der Waals surface area contributed by atoms with Crippen molar-refractivity contribution in [3.8, 4) is 5.75 Å². The second-order valence-electron chi connectivity index (χ2n) is 9.61. The fourth-order valence-corrected chi connectivity index (χ4v) is 6.35. The van der Waals surface area contributed by atoms with Crippen molar-refractivity contribution in [1.29, 1.82) is 0 Å². The maximum atomic E-state index is 14.5. The minimum absolute atomic E-state index is 0.189. The maximum absolute atomic E-state index is 14.5. The quantitative estimate of drug-likeness (QED) is 0.491. The Balaban J connectivity index is 1.38. The van der Waals surface area contributed by atoms with Crippen molar-refractivity contribution in [2.75, 3.05) is 6.61 Å². The zero-order valence-electron chi connectivity index (χ0n) is 17.8. The number of fused-ring (bicyclic) bond motifs is 2. The van der Waals surface area contributed by atoms with Crippen LogP contribution in [0.1, 0.15) is 76.3 Å². The molecule has 0 aliphatic heterocycles. The summed E-state index contributed by atoms with van der Waals surface area (Å²) in [6.07, 6.45) is 17.4. The van der Waals surface area contributed by atoms with Crippen molar-refractivity contribution in [2.24, 2.45) is 29.6 Å². The smallest absolute Gasteiger partial charge is 0.165 e. The first-order valence-corrected chi connectivity index (χ1v) is 11.7. The minimum atomic E-state index is -0.189. The highest BCUT2D eigenvalue weighted by Crippen LogP contribution is 2.49. The Morgan fingerprint density at radius 2 is 1.71 bits per heavy atom. The molecule has 0 saturated heterocycles. The average Bonchev–Trinajstić information content (AvgIpc) is 2.73. The molecule has 0 aromatic heterocycles. The summed E-state index contributed by atoms with van der Waals surface area (Å²) in [6, 6.07) is 3.73. The normalized spacial score (nSPS) is 32.8. The maximum Gasteiger partial charge on any atom is 0.165 e. The molecule has 2 saturated carbocycles. The van der Waals surface area contributed by atoms with Gasteiger partial charge in [0.2, 0.25) is 0 Å². The van der Waals surface area contributed by atoms with Crippen LogP contribution in [-0.4, -0.2) is 6.61 Å². The Hall–Kier alpha value is -1.31. The number of aryl methyl sites for hydroxylation is 1. The molecular weight excluding hydrogens is 347 g/mol. The van der Waals surface area contributed by atoms with Crippen LogP contribution >= 0.6 is 0 Å². The number of hydrogen-bond donors (Lipinski definition) is 0. The molecule has 1 aromatic rings. The van der Waals surface area contributed by atoms with Crippen LogP contribution in [-0.2, 0) is 12.8 Å². The first-order chi connectivity index (χ1) is 13.7. The Bertz CT molecular complexity index is 694. The van der Waals surface area contributed by atoms with Gasteiger partial charge >= 0.3 is 0 Å². The number of rotatable bonds is 5. The first kappa shape index (κ1) is 20.0. The van der Waals surface area contributed by atoms with Crippen molar-refractivity contribution in [3.05, 3.63) is 41.2 Å². The molecule has 5 atom stereocenters. The van der Waals surface area contributed by atoms with E-state index in [0.29, 0.717) is 12.4 Å². The van der Waals surface area contributed by atoms with Crippen LogP contribution in [0.3, 0.4) is 0 Å². The molecule has 0 heterocycles. The average molecular weight is 385 g/mol. The van der Waals surface area contributed by atoms with Crippen LogP contribution in [0.4, 0.5) is 4.39 Å². The van der Waals surface area contributed by atoms with Gasteiger partial charge in [-0.2, -0.15) is 0 Å². The lowest BCUT2D eigenvalue weighted by Crippen LogP contribution is -2.35. The van der Waals surface area contributed by atoms with Crippen LogP contribution in [0.25, 0.3) is 0 Å². The zero-order chi connectivity index (χ0) is 19.5. The third kappa shape index (κ3) is 4.31. The SMILES string of the molecule is C/C=C/COc1cc2c(cc1F)CC(C1CCC3CC(CC)CCC3C1)CC2. The van der Waals surface area contributed by atoms with Gasteiger partial charge in [-0.3, -0.25) is 0 Å². The van der Waals surface area contributed by atoms with Crippen LogP contribution in [0, 0.1) is 35.4 Å². The number of benzene rings is 1. The van der Waals surface area contributed by atoms with E-state index in [4.69, 9.17) is 4.74 Å². The molecule has 3 aliphatic rings. The third-order valence-electron chi connectivity index (χ3n) is 8.10. The number of ether oxygens (including phenoxy) is 1. The molecule has 0 spiro atoms. The lowest BCUT2D eigenvalue weighted by molar-refractivity contribution is 0.0708. The summed E-state index contributed by atoms with van der Waals surface area (Å²) in [7, 11) is 0. The van der Waals surface area contributed by atoms with E-state index in [1.807, 2.05) is 25.1 Å². The summed E-state index contributed by atoms with van der Waals surface area (Å²) in [5.41, 5.74) is 2.55. The number of halogens is 1. The predicted octanol–water partition coefficient (Wildman–Crippen LogP) is 7.13. The molecule has 2 heteroatoms. The van der Waals surface area contributed by atoms with Gasteiger partial charge in [-0.25, -0.2) is 4.39 Å². The van der Waals surface area contributed by atoms with Gasteiger partial charge in [-0.05, 0) is 111 Å². The molecule has 0 radical (unpaired) electrons. The van der Waals surface area contributed by atoms with Crippen LogP contribution < -0.4 is 4.74 Å². The molecule has 1 aromatic carbocycles. The molecule has 4 rings (SSSR count). The molecule has 2 fully saturated rings. The Kier molecular flexibility index (Phi) is 6.43. The van der Waals surface area contributed by atoms with E-state index in [0.717, 1.165) is 42.4 Å². The van der Waals surface area contributed by atoms with E-state index in [1.54, 1.807) is 6.07 Å². The molecule has 0 N–H and O–H groups in total. The van der Waals surface area contributed by atoms with E-state index in [1.165, 1.54) is 62.5 Å². The van der Waals surface area contributed by atoms with Crippen molar-refractivity contribution >= 4 is 0 Å². The van der Waals surface area contributed by atoms with Crippen LogP contribution in [0.5, 0.6) is 5.75 Å². The minimum Gasteiger partial charge on any atom is -0.486 e. The fraction of sp³-hybridized carbons (Fsp3) is 0.692. The molecular formula is C26H37FO. The Morgan fingerprint density at radius 1 is 0.964 bits per heavy atom. The molecule has 3 aliphatic carbocycles. The standard InChI is InChI=1S/C26H37FO/c1-3-5-12-28-26-17-23-11-10-22(15-24(23)16-25(26)27)21-9-8-19-13-18(4-2)6-7-20(19)14-21/h3,5,16-22H,4,6-15H2,1-2H3/b5-3+. The molecule has 5 unspecified atom stereocenters. The number of hydrogen-bond acceptors (Lipinski definition) is 1. The summed E-state index contributed by atoms with van der Waals surface area (Å²) in [4.78, 5) is 0. The summed E-state index contributed by atoms with van der Waals surface area (Å²) in [6.45, 7) is 4.76. The van der Waals surface area contributed by atoms with E-state index in [2.05, 4.69) is 6.92 Å². The summed E-state index contributed by atoms with van der Waals surface area (Å²) < 4.78 is 20.1. The largest absolute Gasteiger partial charge is 0.486 e. The van der Waals surface area contributed by atoms with Crippen molar-refractivity contribution in [3.63, 3.8) is 0 Å². The third-order valence-corrected chi connectivity index (χ3v) is 8.10. The van der Waals surface area contributed by atoms with Gasteiger partial charge < -0.3 is 4.74 Å². The summed E-state index contributed by atoms with van der Waals surface area (Å²) in [5, 5.41) is 0. The Morgan fingerprint density at radius 3 is 2.50 bits per heavy atom. The van der Waals surface area contributed by atoms with Gasteiger partial charge in [0.25, 0.3) is 0 Å². The van der Waals surface area contributed by atoms with Gasteiger partial charge in [0.1, 0.15) is 6.61 Å². The van der Waals surface area contributed by atoms with Gasteiger partial charge in [-0.15, -0.1) is 0 Å². The molecule has 1 nitrogen and oxygen atoms in total. The molecule has 0 amide bonds. The highest BCUT2D eigenvalue weighted by molar-refractivity contribution is 5.39. The second-order valence-corrected chi connectivity index (χ2v) is 9.61. The molecule has 28 heavy (non-hydrogen) atoms. The molecule has 154 valence electrons. The summed E-state index contributed by atoms with van der Waals surface area (Å²) in [5.74, 6) is 4.82. The number of allylic oxidation sites excluding steroid dienone is 1. The van der Waals surface area contributed by atoms with Crippen molar-refractivity contribution in [2.45, 2.75) is 78.1 Å². The zero-order valence-corrected chi connectivity index (χ0v) is 17.8. The lowest BCUT2D eigenvalue weighted by atomic mass is 9.61. The monoisotopic (exact) mass is 384 g/mol. The van der Waals surface area contributed by atoms with Gasteiger partial charge in [0, 0.05) is 0 Å². The Labute approximate surface area is 170 Å².